The van der Waals surface area contributed by atoms with Crippen LogP contribution in [0.15, 0.2) is 36.4 Å². The Morgan fingerprint density at radius 3 is 2.19 bits per heavy atom. The molecule has 0 spiro atoms. The number of nitrogens with one attached hydrogen (secondary N) is 1. The highest BCUT2D eigenvalue weighted by Crippen LogP contribution is 2.35. The molecule has 0 aliphatic heterocycles. The largest absolute Gasteiger partial charge is 0.508 e. The predicted octanol–water partition coefficient (Wildman–Crippen LogP) is 5.10. The lowest BCUT2D eigenvalue weighted by atomic mass is 10.2. The zero-order valence-electron chi connectivity index (χ0n) is 11.9. The summed E-state index contributed by atoms with van der Waals surface area (Å²) in [5, 5.41) is 13.5. The molecule has 2 aromatic rings. The van der Waals surface area contributed by atoms with Gasteiger partial charge in [-0.25, -0.2) is 0 Å². The van der Waals surface area contributed by atoms with Gasteiger partial charge in [-0.1, -0.05) is 23.2 Å². The second kappa shape index (κ2) is 6.92. The Bertz CT molecular complexity index is 589. The van der Waals surface area contributed by atoms with Crippen molar-refractivity contribution in [3.8, 4) is 11.5 Å². The number of phenols is 1. The van der Waals surface area contributed by atoms with E-state index in [-0.39, 0.29) is 11.9 Å². The van der Waals surface area contributed by atoms with E-state index >= 15 is 0 Å². The SMILES string of the molecule is CC(C)Oc1c(Cl)cc(CNc2ccc(O)cc2)cc1Cl. The van der Waals surface area contributed by atoms with Gasteiger partial charge in [0.1, 0.15) is 5.75 Å². The van der Waals surface area contributed by atoms with Crippen LogP contribution in [0.5, 0.6) is 11.5 Å². The number of benzene rings is 2. The third kappa shape index (κ3) is 4.45. The Hall–Kier alpha value is -1.58. The Morgan fingerprint density at radius 1 is 1.10 bits per heavy atom. The summed E-state index contributed by atoms with van der Waals surface area (Å²) in [6.45, 7) is 4.42. The lowest BCUT2D eigenvalue weighted by molar-refractivity contribution is 0.242. The lowest BCUT2D eigenvalue weighted by Gasteiger charge is -2.15. The molecule has 2 aromatic carbocycles. The van der Waals surface area contributed by atoms with Crippen molar-refractivity contribution < 1.29 is 9.84 Å². The summed E-state index contributed by atoms with van der Waals surface area (Å²) in [6.07, 6.45) is 0.0148. The molecule has 112 valence electrons. The van der Waals surface area contributed by atoms with E-state index in [1.165, 1.54) is 0 Å². The smallest absolute Gasteiger partial charge is 0.156 e. The van der Waals surface area contributed by atoms with Crippen molar-refractivity contribution in [2.24, 2.45) is 0 Å². The molecule has 0 amide bonds. The Balaban J connectivity index is 2.09. The van der Waals surface area contributed by atoms with Crippen LogP contribution in [0.4, 0.5) is 5.69 Å². The molecule has 5 heteroatoms. The minimum absolute atomic E-state index is 0.0148. The van der Waals surface area contributed by atoms with Crippen LogP contribution < -0.4 is 10.1 Å². The average Bonchev–Trinajstić information content (AvgIpc) is 2.42. The van der Waals surface area contributed by atoms with E-state index in [4.69, 9.17) is 27.9 Å². The maximum Gasteiger partial charge on any atom is 0.156 e. The minimum atomic E-state index is 0.0148. The Kier molecular flexibility index (Phi) is 5.21. The van der Waals surface area contributed by atoms with Gasteiger partial charge >= 0.3 is 0 Å². The van der Waals surface area contributed by atoms with Crippen LogP contribution in [-0.2, 0) is 6.54 Å². The number of anilines is 1. The fraction of sp³-hybridized carbons (Fsp3) is 0.250. The van der Waals surface area contributed by atoms with Crippen LogP contribution in [0.3, 0.4) is 0 Å². The standard InChI is InChI=1S/C16H17Cl2NO2/c1-10(2)21-16-14(17)7-11(8-15(16)18)9-19-12-3-5-13(20)6-4-12/h3-8,10,19-20H,9H2,1-2H3. The van der Waals surface area contributed by atoms with E-state index in [2.05, 4.69) is 5.32 Å². The summed E-state index contributed by atoms with van der Waals surface area (Å²) in [5.74, 6) is 0.753. The summed E-state index contributed by atoms with van der Waals surface area (Å²) < 4.78 is 5.59. The molecule has 21 heavy (non-hydrogen) atoms. The molecule has 3 nitrogen and oxygen atoms in total. The van der Waals surface area contributed by atoms with Gasteiger partial charge in [0.05, 0.1) is 16.1 Å². The van der Waals surface area contributed by atoms with E-state index in [1.807, 2.05) is 26.0 Å². The molecule has 0 heterocycles. The summed E-state index contributed by atoms with van der Waals surface area (Å²) in [7, 11) is 0. The highest BCUT2D eigenvalue weighted by atomic mass is 35.5. The lowest BCUT2D eigenvalue weighted by Crippen LogP contribution is -2.07. The monoisotopic (exact) mass is 325 g/mol. The van der Waals surface area contributed by atoms with Gasteiger partial charge in [-0.05, 0) is 55.8 Å². The van der Waals surface area contributed by atoms with Crippen molar-refractivity contribution in [2.45, 2.75) is 26.5 Å². The van der Waals surface area contributed by atoms with Gasteiger partial charge in [0.25, 0.3) is 0 Å². The average molecular weight is 326 g/mol. The zero-order chi connectivity index (χ0) is 15.4. The van der Waals surface area contributed by atoms with Crippen LogP contribution in [0, 0.1) is 0 Å². The second-order valence-electron chi connectivity index (χ2n) is 4.96. The molecule has 0 saturated carbocycles. The van der Waals surface area contributed by atoms with E-state index in [0.29, 0.717) is 22.3 Å². The first kappa shape index (κ1) is 15.8. The van der Waals surface area contributed by atoms with Gasteiger partial charge in [-0.15, -0.1) is 0 Å². The minimum Gasteiger partial charge on any atom is -0.508 e. The number of hydrogen-bond donors (Lipinski definition) is 2. The molecule has 0 aromatic heterocycles. The number of ether oxygens (including phenoxy) is 1. The first-order valence-electron chi connectivity index (χ1n) is 6.63. The van der Waals surface area contributed by atoms with Gasteiger partial charge < -0.3 is 15.2 Å². The summed E-state index contributed by atoms with van der Waals surface area (Å²) in [6, 6.07) is 10.5. The molecule has 0 bridgehead atoms. The molecular formula is C16H17Cl2NO2. The molecule has 0 saturated heterocycles. The van der Waals surface area contributed by atoms with Crippen LogP contribution in [0.25, 0.3) is 0 Å². The molecule has 0 aliphatic rings. The number of hydrogen-bond acceptors (Lipinski definition) is 3. The van der Waals surface area contributed by atoms with E-state index < -0.39 is 0 Å². The molecule has 0 unspecified atom stereocenters. The van der Waals surface area contributed by atoms with Crippen LogP contribution in [0.1, 0.15) is 19.4 Å². The normalized spacial score (nSPS) is 10.7. The number of rotatable bonds is 5. The predicted molar refractivity (Wildman–Crippen MR) is 87.7 cm³/mol. The topological polar surface area (TPSA) is 41.5 Å². The van der Waals surface area contributed by atoms with Crippen molar-refractivity contribution in [3.63, 3.8) is 0 Å². The van der Waals surface area contributed by atoms with Gasteiger partial charge in [0, 0.05) is 12.2 Å². The number of halogens is 2. The Morgan fingerprint density at radius 2 is 1.67 bits per heavy atom. The van der Waals surface area contributed by atoms with E-state index in [9.17, 15) is 5.11 Å². The van der Waals surface area contributed by atoms with Crippen LogP contribution >= 0.6 is 23.2 Å². The first-order chi connectivity index (χ1) is 9.95. The fourth-order valence-corrected chi connectivity index (χ4v) is 2.47. The molecule has 2 rings (SSSR count). The van der Waals surface area contributed by atoms with Crippen LogP contribution in [0.2, 0.25) is 10.0 Å². The highest BCUT2D eigenvalue weighted by molar-refractivity contribution is 6.37. The van der Waals surface area contributed by atoms with Crippen molar-refractivity contribution in [1.29, 1.82) is 0 Å². The molecule has 2 N–H and O–H groups in total. The zero-order valence-corrected chi connectivity index (χ0v) is 13.4. The quantitative estimate of drug-likeness (QED) is 0.751. The van der Waals surface area contributed by atoms with Crippen molar-refractivity contribution in [1.82, 2.24) is 0 Å². The number of aromatic hydroxyl groups is 1. The highest BCUT2D eigenvalue weighted by Gasteiger charge is 2.11. The number of phenolic OH excluding ortho intramolecular Hbond substituents is 1. The summed E-state index contributed by atoms with van der Waals surface area (Å²) in [4.78, 5) is 0. The molecule has 0 fully saturated rings. The second-order valence-corrected chi connectivity index (χ2v) is 5.77. The Labute approximate surface area is 134 Å². The third-order valence-corrected chi connectivity index (χ3v) is 3.34. The van der Waals surface area contributed by atoms with Gasteiger partial charge in [-0.2, -0.15) is 0 Å². The van der Waals surface area contributed by atoms with Gasteiger partial charge in [-0.3, -0.25) is 0 Å². The third-order valence-electron chi connectivity index (χ3n) is 2.78. The molecule has 0 atom stereocenters. The van der Waals surface area contributed by atoms with Gasteiger partial charge in [0.15, 0.2) is 5.75 Å². The van der Waals surface area contributed by atoms with Crippen LogP contribution in [-0.4, -0.2) is 11.2 Å². The van der Waals surface area contributed by atoms with E-state index in [0.717, 1.165) is 11.3 Å². The maximum atomic E-state index is 9.24. The van der Waals surface area contributed by atoms with Crippen molar-refractivity contribution >= 4 is 28.9 Å². The summed E-state index contributed by atoms with van der Waals surface area (Å²) in [5.41, 5.74) is 1.86. The summed E-state index contributed by atoms with van der Waals surface area (Å²) >= 11 is 12.4. The van der Waals surface area contributed by atoms with Crippen molar-refractivity contribution in [2.75, 3.05) is 5.32 Å². The molecule has 0 aliphatic carbocycles. The molecule has 0 radical (unpaired) electrons. The van der Waals surface area contributed by atoms with Gasteiger partial charge in [0.2, 0.25) is 0 Å². The first-order valence-corrected chi connectivity index (χ1v) is 7.39. The molecular weight excluding hydrogens is 309 g/mol. The van der Waals surface area contributed by atoms with Crippen molar-refractivity contribution in [3.05, 3.63) is 52.0 Å². The maximum absolute atomic E-state index is 9.24. The van der Waals surface area contributed by atoms with E-state index in [1.54, 1.807) is 24.3 Å². The fourth-order valence-electron chi connectivity index (χ4n) is 1.85.